The predicted molar refractivity (Wildman–Crippen MR) is 174 cm³/mol. The van der Waals surface area contributed by atoms with E-state index in [1.807, 2.05) is 19.9 Å². The fourth-order valence-electron chi connectivity index (χ4n) is 4.00. The van der Waals surface area contributed by atoms with E-state index in [0.29, 0.717) is 37.3 Å². The maximum atomic E-state index is 13.5. The first-order chi connectivity index (χ1) is 20.5. The molecule has 0 radical (unpaired) electrons. The summed E-state index contributed by atoms with van der Waals surface area (Å²) in [5.41, 5.74) is 6.02. The Kier molecular flexibility index (Phi) is 10.7. The minimum atomic E-state index is -4.04. The van der Waals surface area contributed by atoms with E-state index in [9.17, 15) is 13.2 Å². The Morgan fingerprint density at radius 1 is 1.00 bits per heavy atom. The number of hydrogen-bond donors (Lipinski definition) is 1. The third-order valence-electron chi connectivity index (χ3n) is 6.44. The van der Waals surface area contributed by atoms with Crippen LogP contribution in [-0.4, -0.2) is 34.2 Å². The minimum Gasteiger partial charge on any atom is -0.493 e. The molecule has 1 N–H and O–H groups in total. The molecule has 224 valence electrons. The predicted octanol–water partition coefficient (Wildman–Crippen LogP) is 7.31. The summed E-state index contributed by atoms with van der Waals surface area (Å²) in [5, 5.41) is 5.05. The highest BCUT2D eigenvalue weighted by atomic mass is 79.9. The van der Waals surface area contributed by atoms with Crippen LogP contribution < -0.4 is 19.2 Å². The van der Waals surface area contributed by atoms with Crippen molar-refractivity contribution < 1.29 is 22.7 Å². The molecule has 12 heteroatoms. The van der Waals surface area contributed by atoms with Gasteiger partial charge in [0.25, 0.3) is 15.9 Å². The van der Waals surface area contributed by atoms with Crippen molar-refractivity contribution in [3.63, 3.8) is 0 Å². The number of ether oxygens (including phenoxy) is 2. The van der Waals surface area contributed by atoms with Crippen LogP contribution >= 0.6 is 39.1 Å². The summed E-state index contributed by atoms with van der Waals surface area (Å²) >= 11 is 15.7. The van der Waals surface area contributed by atoms with Gasteiger partial charge in [-0.15, -0.1) is 0 Å². The summed E-state index contributed by atoms with van der Waals surface area (Å²) in [4.78, 5) is 13.0. The number of nitrogens with one attached hydrogen (secondary N) is 1. The van der Waals surface area contributed by atoms with Crippen molar-refractivity contribution in [1.29, 1.82) is 0 Å². The van der Waals surface area contributed by atoms with Gasteiger partial charge in [-0.1, -0.05) is 53.5 Å². The van der Waals surface area contributed by atoms with Gasteiger partial charge in [0.1, 0.15) is 13.2 Å². The van der Waals surface area contributed by atoms with Gasteiger partial charge in [0.05, 0.1) is 28.4 Å². The molecule has 0 saturated heterocycles. The number of nitrogens with zero attached hydrogens (tertiary/aromatic N) is 2. The van der Waals surface area contributed by atoms with E-state index in [1.165, 1.54) is 25.5 Å². The van der Waals surface area contributed by atoms with E-state index < -0.39 is 22.5 Å². The maximum Gasteiger partial charge on any atom is 0.264 e. The lowest BCUT2D eigenvalue weighted by atomic mass is 10.1. The largest absolute Gasteiger partial charge is 0.493 e. The van der Waals surface area contributed by atoms with Gasteiger partial charge >= 0.3 is 0 Å². The third kappa shape index (κ3) is 8.08. The molecule has 0 aliphatic heterocycles. The molecule has 0 unspecified atom stereocenters. The van der Waals surface area contributed by atoms with Gasteiger partial charge < -0.3 is 9.47 Å². The second-order valence-electron chi connectivity index (χ2n) is 9.44. The van der Waals surface area contributed by atoms with E-state index in [4.69, 9.17) is 32.7 Å². The second kappa shape index (κ2) is 14.3. The number of carbonyl (C=O) groups excluding carboxylic acids is 1. The topological polar surface area (TPSA) is 97.3 Å². The summed E-state index contributed by atoms with van der Waals surface area (Å²) in [7, 11) is -2.54. The third-order valence-corrected chi connectivity index (χ3v) is 9.40. The molecule has 4 aromatic carbocycles. The van der Waals surface area contributed by atoms with Gasteiger partial charge in [0.15, 0.2) is 11.5 Å². The zero-order valence-corrected chi connectivity index (χ0v) is 27.4. The molecular formula is C31H28BrCl2N3O5S. The SMILES string of the molecule is COc1cc(/C=N\NC(=O)CN(c2ccc(C)c(C)c2)S(=O)(=O)c2ccccc2)cc(Br)c1OCc1ccc(Cl)cc1Cl. The molecule has 1 amide bonds. The fourth-order valence-corrected chi connectivity index (χ4v) is 6.47. The van der Waals surface area contributed by atoms with Crippen molar-refractivity contribution in [3.05, 3.63) is 116 Å². The van der Waals surface area contributed by atoms with Crippen LogP contribution in [-0.2, 0) is 21.4 Å². The van der Waals surface area contributed by atoms with Crippen LogP contribution in [0.1, 0.15) is 22.3 Å². The standard InChI is InChI=1S/C31H28BrCl2N3O5S/c1-20-9-12-25(13-21(20)2)37(43(39,40)26-7-5-4-6-8-26)18-30(38)36-35-17-22-14-27(32)31(29(15-22)41-3)42-19-23-10-11-24(33)16-28(23)34/h4-17H,18-19H2,1-3H3,(H,36,38)/b35-17-. The lowest BCUT2D eigenvalue weighted by Crippen LogP contribution is -2.39. The number of carbonyl (C=O) groups is 1. The minimum absolute atomic E-state index is 0.0714. The molecule has 0 heterocycles. The molecule has 43 heavy (non-hydrogen) atoms. The monoisotopic (exact) mass is 703 g/mol. The highest BCUT2D eigenvalue weighted by molar-refractivity contribution is 9.10. The molecule has 8 nitrogen and oxygen atoms in total. The van der Waals surface area contributed by atoms with Crippen LogP contribution in [0.5, 0.6) is 11.5 Å². The summed E-state index contributed by atoms with van der Waals surface area (Å²) in [6.45, 7) is 3.51. The average molecular weight is 705 g/mol. The number of halogens is 3. The summed E-state index contributed by atoms with van der Waals surface area (Å²) < 4.78 is 40.2. The number of sulfonamides is 1. The number of methoxy groups -OCH3 is 1. The molecular weight excluding hydrogens is 677 g/mol. The van der Waals surface area contributed by atoms with Gasteiger partial charge in [0.2, 0.25) is 0 Å². The Balaban J connectivity index is 1.50. The van der Waals surface area contributed by atoms with E-state index in [2.05, 4.69) is 26.5 Å². The van der Waals surface area contributed by atoms with Crippen LogP contribution in [0, 0.1) is 13.8 Å². The molecule has 0 aliphatic carbocycles. The second-order valence-corrected chi connectivity index (χ2v) is 13.0. The van der Waals surface area contributed by atoms with Crippen LogP contribution in [0.15, 0.2) is 93.3 Å². The number of hydrazone groups is 1. The first-order valence-electron chi connectivity index (χ1n) is 12.9. The Labute approximate surface area is 269 Å². The van der Waals surface area contributed by atoms with E-state index in [-0.39, 0.29) is 11.5 Å². The van der Waals surface area contributed by atoms with E-state index in [1.54, 1.807) is 60.7 Å². The van der Waals surface area contributed by atoms with Crippen molar-refractivity contribution in [2.75, 3.05) is 18.0 Å². The van der Waals surface area contributed by atoms with Gasteiger partial charge in [-0.25, -0.2) is 13.8 Å². The first-order valence-corrected chi connectivity index (χ1v) is 15.9. The number of anilines is 1. The van der Waals surface area contributed by atoms with Crippen molar-refractivity contribution in [2.24, 2.45) is 5.10 Å². The smallest absolute Gasteiger partial charge is 0.264 e. The molecule has 0 spiro atoms. The molecule has 0 aromatic heterocycles. The van der Waals surface area contributed by atoms with Gasteiger partial charge in [0, 0.05) is 15.6 Å². The fraction of sp³-hybridized carbons (Fsp3) is 0.161. The Bertz CT molecular complexity index is 1770. The Hall–Kier alpha value is -3.57. The van der Waals surface area contributed by atoms with E-state index >= 15 is 0 Å². The molecule has 4 aromatic rings. The lowest BCUT2D eigenvalue weighted by Gasteiger charge is -2.24. The van der Waals surface area contributed by atoms with Crippen LogP contribution in [0.3, 0.4) is 0 Å². The molecule has 0 atom stereocenters. The molecule has 4 rings (SSSR count). The van der Waals surface area contributed by atoms with Crippen LogP contribution in [0.2, 0.25) is 10.0 Å². The average Bonchev–Trinajstić information content (AvgIpc) is 2.98. The Morgan fingerprint density at radius 2 is 1.74 bits per heavy atom. The lowest BCUT2D eigenvalue weighted by molar-refractivity contribution is -0.119. The first kappa shape index (κ1) is 32.3. The summed E-state index contributed by atoms with van der Waals surface area (Å²) in [6, 6.07) is 21.7. The highest BCUT2D eigenvalue weighted by Crippen LogP contribution is 2.37. The number of hydrogen-bond acceptors (Lipinski definition) is 6. The quantitative estimate of drug-likeness (QED) is 0.131. The van der Waals surface area contributed by atoms with Crippen molar-refractivity contribution >= 4 is 67.0 Å². The highest BCUT2D eigenvalue weighted by Gasteiger charge is 2.27. The summed E-state index contributed by atoms with van der Waals surface area (Å²) in [5.74, 6) is 0.242. The number of benzene rings is 4. The normalized spacial score (nSPS) is 11.4. The Morgan fingerprint density at radius 3 is 2.42 bits per heavy atom. The number of rotatable bonds is 11. The van der Waals surface area contributed by atoms with Crippen LogP contribution in [0.4, 0.5) is 5.69 Å². The molecule has 0 aliphatic rings. The van der Waals surface area contributed by atoms with Crippen molar-refractivity contribution in [1.82, 2.24) is 5.43 Å². The molecule has 0 saturated carbocycles. The van der Waals surface area contributed by atoms with Gasteiger partial charge in [-0.3, -0.25) is 9.10 Å². The van der Waals surface area contributed by atoms with E-state index in [0.717, 1.165) is 21.0 Å². The zero-order chi connectivity index (χ0) is 31.1. The number of amides is 1. The summed E-state index contributed by atoms with van der Waals surface area (Å²) in [6.07, 6.45) is 1.41. The molecule has 0 bridgehead atoms. The van der Waals surface area contributed by atoms with Gasteiger partial charge in [-0.05, 0) is 95.0 Å². The number of aryl methyl sites for hydroxylation is 2. The molecule has 0 fully saturated rings. The maximum absolute atomic E-state index is 13.5. The zero-order valence-electron chi connectivity index (χ0n) is 23.5. The van der Waals surface area contributed by atoms with Crippen molar-refractivity contribution in [2.45, 2.75) is 25.3 Å². The van der Waals surface area contributed by atoms with Crippen molar-refractivity contribution in [3.8, 4) is 11.5 Å². The van der Waals surface area contributed by atoms with Gasteiger partial charge in [-0.2, -0.15) is 5.10 Å². The van der Waals surface area contributed by atoms with Crippen LogP contribution in [0.25, 0.3) is 0 Å².